The summed E-state index contributed by atoms with van der Waals surface area (Å²) in [6.07, 6.45) is 6.80. The lowest BCUT2D eigenvalue weighted by molar-refractivity contribution is -0.137. The Hall–Kier alpha value is -0.870. The molecule has 1 N–H and O–H groups in total. The van der Waals surface area contributed by atoms with E-state index in [1.807, 2.05) is 17.1 Å². The molecule has 0 aromatic rings. The van der Waals surface area contributed by atoms with Gasteiger partial charge in [-0.2, -0.15) is 0 Å². The van der Waals surface area contributed by atoms with E-state index in [1.54, 1.807) is 7.11 Å². The first-order valence-electron chi connectivity index (χ1n) is 6.51. The van der Waals surface area contributed by atoms with E-state index in [9.17, 15) is 4.79 Å². The molecule has 2 fully saturated rings. The Morgan fingerprint density at radius 3 is 2.59 bits per heavy atom. The molecule has 4 heteroatoms. The average Bonchev–Trinajstić information content (AvgIpc) is 2.94. The van der Waals surface area contributed by atoms with E-state index in [0.717, 1.165) is 19.6 Å². The second-order valence-corrected chi connectivity index (χ2v) is 5.36. The predicted octanol–water partition coefficient (Wildman–Crippen LogP) is 0.398. The standard InChI is InChI=1S/C13H20N2O2/c1-17-12-9-4-5-10(12)8-15(7-9)13(16)11-3-2-6-14-11/h2-3,9-12,14H,4-8H2,1H3/t9-,10+,11?,12?. The third-order valence-corrected chi connectivity index (χ3v) is 4.38. The molecule has 0 aromatic heterocycles. The maximum Gasteiger partial charge on any atom is 0.243 e. The summed E-state index contributed by atoms with van der Waals surface area (Å²) >= 11 is 0. The summed E-state index contributed by atoms with van der Waals surface area (Å²) in [5.74, 6) is 1.34. The summed E-state index contributed by atoms with van der Waals surface area (Å²) in [6, 6.07) is -0.0894. The molecule has 0 spiro atoms. The van der Waals surface area contributed by atoms with Crippen molar-refractivity contribution in [2.24, 2.45) is 11.8 Å². The minimum absolute atomic E-state index is 0.0894. The number of rotatable bonds is 2. The summed E-state index contributed by atoms with van der Waals surface area (Å²) in [4.78, 5) is 14.3. The lowest BCUT2D eigenvalue weighted by Gasteiger charge is -2.38. The van der Waals surface area contributed by atoms with Crippen molar-refractivity contribution in [2.75, 3.05) is 26.7 Å². The first-order chi connectivity index (χ1) is 8.29. The quantitative estimate of drug-likeness (QED) is 0.706. The van der Waals surface area contributed by atoms with Gasteiger partial charge in [0.15, 0.2) is 0 Å². The smallest absolute Gasteiger partial charge is 0.243 e. The molecule has 1 amide bonds. The molecule has 94 valence electrons. The molecule has 17 heavy (non-hydrogen) atoms. The Morgan fingerprint density at radius 2 is 2.06 bits per heavy atom. The number of carbonyl (C=O) groups excluding carboxylic acids is 1. The van der Waals surface area contributed by atoms with Crippen molar-refractivity contribution in [2.45, 2.75) is 25.0 Å². The van der Waals surface area contributed by atoms with E-state index in [-0.39, 0.29) is 11.9 Å². The molecule has 2 aliphatic heterocycles. The van der Waals surface area contributed by atoms with Gasteiger partial charge in [-0.3, -0.25) is 10.1 Å². The molecule has 2 unspecified atom stereocenters. The second-order valence-electron chi connectivity index (χ2n) is 5.36. The number of nitrogens with one attached hydrogen (secondary N) is 1. The number of amides is 1. The SMILES string of the molecule is COC1[C@@H]2CC[C@H]1CN(C(=O)C1C=CCN1)C2. The van der Waals surface area contributed by atoms with Crippen molar-refractivity contribution in [1.29, 1.82) is 0 Å². The summed E-state index contributed by atoms with van der Waals surface area (Å²) in [5.41, 5.74) is 0. The molecular weight excluding hydrogens is 216 g/mol. The largest absolute Gasteiger partial charge is 0.381 e. The topological polar surface area (TPSA) is 41.6 Å². The Kier molecular flexibility index (Phi) is 2.92. The first-order valence-corrected chi connectivity index (χ1v) is 6.51. The number of methoxy groups -OCH3 is 1. The molecule has 3 aliphatic rings. The van der Waals surface area contributed by atoms with Crippen molar-refractivity contribution in [3.63, 3.8) is 0 Å². The number of hydrogen-bond donors (Lipinski definition) is 1. The molecule has 0 aromatic carbocycles. The van der Waals surface area contributed by atoms with Crippen LogP contribution < -0.4 is 5.32 Å². The van der Waals surface area contributed by atoms with Gasteiger partial charge in [0.1, 0.15) is 6.04 Å². The fourth-order valence-corrected chi connectivity index (χ4v) is 3.57. The highest BCUT2D eigenvalue weighted by Crippen LogP contribution is 2.38. The number of piperidine rings is 1. The molecule has 4 atom stereocenters. The lowest BCUT2D eigenvalue weighted by atomic mass is 9.94. The van der Waals surface area contributed by atoms with E-state index < -0.39 is 0 Å². The van der Waals surface area contributed by atoms with Gasteiger partial charge in [0.05, 0.1) is 6.10 Å². The number of nitrogens with zero attached hydrogens (tertiary/aromatic N) is 1. The van der Waals surface area contributed by atoms with Crippen LogP contribution in [0.4, 0.5) is 0 Å². The van der Waals surface area contributed by atoms with E-state index in [4.69, 9.17) is 4.74 Å². The zero-order chi connectivity index (χ0) is 11.8. The highest BCUT2D eigenvalue weighted by Gasteiger charge is 2.44. The summed E-state index contributed by atoms with van der Waals surface area (Å²) in [5, 5.41) is 3.20. The Morgan fingerprint density at radius 1 is 1.35 bits per heavy atom. The summed E-state index contributed by atoms with van der Waals surface area (Å²) < 4.78 is 5.56. The normalized spacial score (nSPS) is 39.9. The number of likely N-dealkylation sites (tertiary alicyclic amines) is 1. The molecule has 4 nitrogen and oxygen atoms in total. The van der Waals surface area contributed by atoms with Crippen molar-refractivity contribution < 1.29 is 9.53 Å². The molecule has 1 saturated carbocycles. The zero-order valence-corrected chi connectivity index (χ0v) is 10.3. The van der Waals surface area contributed by atoms with Gasteiger partial charge in [0.2, 0.25) is 5.91 Å². The third-order valence-electron chi connectivity index (χ3n) is 4.38. The van der Waals surface area contributed by atoms with Crippen LogP contribution in [0.2, 0.25) is 0 Å². The highest BCUT2D eigenvalue weighted by molar-refractivity contribution is 5.84. The van der Waals surface area contributed by atoms with Gasteiger partial charge in [-0.15, -0.1) is 0 Å². The van der Waals surface area contributed by atoms with Crippen molar-refractivity contribution in [3.8, 4) is 0 Å². The maximum absolute atomic E-state index is 12.3. The van der Waals surface area contributed by atoms with Gasteiger partial charge in [-0.05, 0) is 12.8 Å². The first kappa shape index (κ1) is 11.2. The number of hydrogen-bond acceptors (Lipinski definition) is 3. The number of carbonyl (C=O) groups is 1. The predicted molar refractivity (Wildman–Crippen MR) is 64.5 cm³/mol. The Bertz CT molecular complexity index is 328. The van der Waals surface area contributed by atoms with E-state index in [1.165, 1.54) is 12.8 Å². The van der Waals surface area contributed by atoms with E-state index in [0.29, 0.717) is 17.9 Å². The molecule has 1 saturated heterocycles. The molecule has 3 rings (SSSR count). The van der Waals surface area contributed by atoms with Crippen LogP contribution in [0.5, 0.6) is 0 Å². The van der Waals surface area contributed by atoms with Gasteiger partial charge >= 0.3 is 0 Å². The zero-order valence-electron chi connectivity index (χ0n) is 10.3. The number of ether oxygens (including phenoxy) is 1. The van der Waals surface area contributed by atoms with E-state index >= 15 is 0 Å². The fourth-order valence-electron chi connectivity index (χ4n) is 3.57. The summed E-state index contributed by atoms with van der Waals surface area (Å²) in [7, 11) is 1.80. The Balaban J connectivity index is 1.67. The van der Waals surface area contributed by atoms with Crippen LogP contribution in [0, 0.1) is 11.8 Å². The average molecular weight is 236 g/mol. The second kappa shape index (κ2) is 4.42. The van der Waals surface area contributed by atoms with Crippen molar-refractivity contribution in [3.05, 3.63) is 12.2 Å². The maximum atomic E-state index is 12.3. The highest BCUT2D eigenvalue weighted by atomic mass is 16.5. The van der Waals surface area contributed by atoms with Crippen LogP contribution >= 0.6 is 0 Å². The van der Waals surface area contributed by atoms with Crippen LogP contribution in [0.15, 0.2) is 12.2 Å². The van der Waals surface area contributed by atoms with Gasteiger partial charge in [0.25, 0.3) is 0 Å². The van der Waals surface area contributed by atoms with Gasteiger partial charge in [0, 0.05) is 38.6 Å². The van der Waals surface area contributed by atoms with Crippen LogP contribution in [0.25, 0.3) is 0 Å². The van der Waals surface area contributed by atoms with Crippen LogP contribution in [0.1, 0.15) is 12.8 Å². The van der Waals surface area contributed by atoms with Crippen molar-refractivity contribution >= 4 is 5.91 Å². The van der Waals surface area contributed by atoms with E-state index in [2.05, 4.69) is 5.32 Å². The molecule has 0 radical (unpaired) electrons. The molecule has 1 aliphatic carbocycles. The monoisotopic (exact) mass is 236 g/mol. The molecular formula is C13H20N2O2. The summed E-state index contributed by atoms with van der Waals surface area (Å²) in [6.45, 7) is 2.57. The van der Waals surface area contributed by atoms with Crippen molar-refractivity contribution in [1.82, 2.24) is 10.2 Å². The minimum Gasteiger partial charge on any atom is -0.381 e. The fraction of sp³-hybridized carbons (Fsp3) is 0.769. The van der Waals surface area contributed by atoms with Crippen LogP contribution in [0.3, 0.4) is 0 Å². The third kappa shape index (κ3) is 1.89. The number of fused-ring (bicyclic) bond motifs is 2. The van der Waals surface area contributed by atoms with Crippen LogP contribution in [-0.4, -0.2) is 49.7 Å². The van der Waals surface area contributed by atoms with Crippen LogP contribution in [-0.2, 0) is 9.53 Å². The van der Waals surface area contributed by atoms with Gasteiger partial charge in [-0.1, -0.05) is 12.2 Å². The molecule has 2 heterocycles. The van der Waals surface area contributed by atoms with Gasteiger partial charge in [-0.25, -0.2) is 0 Å². The molecule has 2 bridgehead atoms. The lowest BCUT2D eigenvalue weighted by Crippen LogP contribution is -2.52. The van der Waals surface area contributed by atoms with Gasteiger partial charge < -0.3 is 9.64 Å². The minimum atomic E-state index is -0.0894. The Labute approximate surface area is 102 Å².